The Kier molecular flexibility index (Phi) is 6.53. The molecule has 0 saturated carbocycles. The highest BCUT2D eigenvalue weighted by Gasteiger charge is 2.31. The molecule has 0 aromatic heterocycles. The van der Waals surface area contributed by atoms with E-state index >= 15 is 0 Å². The zero-order valence-corrected chi connectivity index (χ0v) is 13.0. The largest absolute Gasteiger partial charge is 0.329 e. The molecule has 0 heterocycles. The van der Waals surface area contributed by atoms with Gasteiger partial charge in [-0.25, -0.2) is 0 Å². The van der Waals surface area contributed by atoms with Gasteiger partial charge in [-0.2, -0.15) is 0 Å². The molecule has 19 heavy (non-hydrogen) atoms. The smallest absolute Gasteiger partial charge is 0.0366 e. The van der Waals surface area contributed by atoms with Crippen LogP contribution in [-0.4, -0.2) is 30.6 Å². The number of nitrogens with two attached hydrogens (primary N) is 1. The van der Waals surface area contributed by atoms with E-state index in [0.29, 0.717) is 6.54 Å². The summed E-state index contributed by atoms with van der Waals surface area (Å²) in [6.07, 6.45) is 3.36. The summed E-state index contributed by atoms with van der Waals surface area (Å²) < 4.78 is 0. The Labute approximate surface area is 119 Å². The minimum Gasteiger partial charge on any atom is -0.329 e. The maximum atomic E-state index is 6.13. The normalized spacial score (nSPS) is 14.9. The zero-order chi connectivity index (χ0) is 14.3. The molecule has 0 aliphatic carbocycles. The Morgan fingerprint density at radius 2 is 1.84 bits per heavy atom. The Balaban J connectivity index is 2.78. The van der Waals surface area contributed by atoms with E-state index < -0.39 is 0 Å². The second kappa shape index (κ2) is 7.66. The van der Waals surface area contributed by atoms with E-state index in [2.05, 4.69) is 63.1 Å². The molecule has 0 fully saturated rings. The van der Waals surface area contributed by atoms with Gasteiger partial charge in [0.05, 0.1) is 0 Å². The van der Waals surface area contributed by atoms with Crippen molar-refractivity contribution in [2.45, 2.75) is 45.6 Å². The number of likely N-dealkylation sites (N-methyl/N-ethyl adjacent to an activating group) is 1. The van der Waals surface area contributed by atoms with Gasteiger partial charge in [-0.15, -0.1) is 0 Å². The summed E-state index contributed by atoms with van der Waals surface area (Å²) in [4.78, 5) is 2.47. The second-order valence-electron chi connectivity index (χ2n) is 6.05. The van der Waals surface area contributed by atoms with Crippen molar-refractivity contribution in [3.63, 3.8) is 0 Å². The average Bonchev–Trinajstić information content (AvgIpc) is 2.43. The average molecular weight is 262 g/mol. The second-order valence-corrected chi connectivity index (χ2v) is 6.05. The minimum atomic E-state index is 0.0935. The minimum absolute atomic E-state index is 0.0935. The van der Waals surface area contributed by atoms with Crippen molar-refractivity contribution in [3.8, 4) is 0 Å². The van der Waals surface area contributed by atoms with Gasteiger partial charge in [0.15, 0.2) is 0 Å². The Morgan fingerprint density at radius 3 is 2.32 bits per heavy atom. The molecule has 2 nitrogen and oxygen atoms in total. The van der Waals surface area contributed by atoms with E-state index in [4.69, 9.17) is 5.73 Å². The first-order chi connectivity index (χ1) is 9.04. The molecule has 0 aliphatic heterocycles. The van der Waals surface area contributed by atoms with Gasteiger partial charge < -0.3 is 5.73 Å². The molecule has 1 aromatic carbocycles. The van der Waals surface area contributed by atoms with Crippen molar-refractivity contribution in [1.29, 1.82) is 0 Å². The van der Waals surface area contributed by atoms with E-state index in [1.807, 2.05) is 0 Å². The predicted octanol–water partition coefficient (Wildman–Crippen LogP) is 3.31. The third kappa shape index (κ3) is 4.63. The molecule has 108 valence electrons. The predicted molar refractivity (Wildman–Crippen MR) is 84.3 cm³/mol. The van der Waals surface area contributed by atoms with Crippen molar-refractivity contribution in [2.75, 3.05) is 20.1 Å². The number of hydrogen-bond donors (Lipinski definition) is 1. The molecule has 2 N–H and O–H groups in total. The van der Waals surface area contributed by atoms with Gasteiger partial charge in [0.2, 0.25) is 0 Å². The first-order valence-corrected chi connectivity index (χ1v) is 7.49. The molecule has 1 unspecified atom stereocenters. The fraction of sp³-hybridized carbons (Fsp3) is 0.647. The lowest BCUT2D eigenvalue weighted by molar-refractivity contribution is 0.114. The third-order valence-corrected chi connectivity index (χ3v) is 4.27. The van der Waals surface area contributed by atoms with Crippen molar-refractivity contribution >= 4 is 0 Å². The maximum absolute atomic E-state index is 6.13. The Bertz CT molecular complexity index is 342. The summed E-state index contributed by atoms with van der Waals surface area (Å²) in [6.45, 7) is 8.65. The molecule has 0 radical (unpaired) electrons. The van der Waals surface area contributed by atoms with Crippen molar-refractivity contribution in [3.05, 3.63) is 35.9 Å². The van der Waals surface area contributed by atoms with E-state index in [-0.39, 0.29) is 5.54 Å². The summed E-state index contributed by atoms with van der Waals surface area (Å²) in [5.74, 6) is 0.742. The highest BCUT2D eigenvalue weighted by Crippen LogP contribution is 2.23. The van der Waals surface area contributed by atoms with Gasteiger partial charge in [-0.1, -0.05) is 51.1 Å². The van der Waals surface area contributed by atoms with Crippen LogP contribution in [0.5, 0.6) is 0 Å². The molecule has 0 bridgehead atoms. The summed E-state index contributed by atoms with van der Waals surface area (Å²) in [5, 5.41) is 0. The number of hydrogen-bond acceptors (Lipinski definition) is 2. The van der Waals surface area contributed by atoms with Crippen LogP contribution in [0.15, 0.2) is 30.3 Å². The molecule has 1 atom stereocenters. The quantitative estimate of drug-likeness (QED) is 0.779. The summed E-state index contributed by atoms with van der Waals surface area (Å²) in [5.41, 5.74) is 7.61. The summed E-state index contributed by atoms with van der Waals surface area (Å²) in [6, 6.07) is 10.7. The van der Waals surface area contributed by atoms with Crippen LogP contribution >= 0.6 is 0 Å². The SMILES string of the molecule is CCC(CN)(Cc1ccccc1)N(C)CCC(C)C. The summed E-state index contributed by atoms with van der Waals surface area (Å²) in [7, 11) is 2.22. The van der Waals surface area contributed by atoms with E-state index in [1.165, 1.54) is 12.0 Å². The van der Waals surface area contributed by atoms with Crippen LogP contribution in [0.2, 0.25) is 0 Å². The summed E-state index contributed by atoms with van der Waals surface area (Å²) >= 11 is 0. The zero-order valence-electron chi connectivity index (χ0n) is 13.0. The molecule has 2 heteroatoms. The fourth-order valence-corrected chi connectivity index (χ4v) is 2.57. The highest BCUT2D eigenvalue weighted by molar-refractivity contribution is 5.18. The molecule has 1 rings (SSSR count). The lowest BCUT2D eigenvalue weighted by Crippen LogP contribution is -2.53. The Hall–Kier alpha value is -0.860. The molecule has 0 amide bonds. The van der Waals surface area contributed by atoms with E-state index in [9.17, 15) is 0 Å². The standard InChI is InChI=1S/C17H30N2/c1-5-17(14-18,19(4)12-11-15(2)3)13-16-9-7-6-8-10-16/h6-10,15H,5,11-14,18H2,1-4H3. The molecular formula is C17H30N2. The van der Waals surface area contributed by atoms with Crippen molar-refractivity contribution < 1.29 is 0 Å². The van der Waals surface area contributed by atoms with Crippen LogP contribution in [0.4, 0.5) is 0 Å². The topological polar surface area (TPSA) is 29.3 Å². The third-order valence-electron chi connectivity index (χ3n) is 4.27. The molecule has 1 aromatic rings. The van der Waals surface area contributed by atoms with Crippen molar-refractivity contribution in [2.24, 2.45) is 11.7 Å². The van der Waals surface area contributed by atoms with Crippen LogP contribution in [0, 0.1) is 5.92 Å². The van der Waals surface area contributed by atoms with Crippen LogP contribution in [0.1, 0.15) is 39.2 Å². The van der Waals surface area contributed by atoms with Gasteiger partial charge >= 0.3 is 0 Å². The number of nitrogens with zero attached hydrogens (tertiary/aromatic N) is 1. The van der Waals surface area contributed by atoms with E-state index in [1.54, 1.807) is 0 Å². The van der Waals surface area contributed by atoms with Crippen LogP contribution in [0.3, 0.4) is 0 Å². The molecule has 0 spiro atoms. The van der Waals surface area contributed by atoms with Crippen LogP contribution in [0.25, 0.3) is 0 Å². The lowest BCUT2D eigenvalue weighted by Gasteiger charge is -2.41. The Morgan fingerprint density at radius 1 is 1.21 bits per heavy atom. The molecular weight excluding hydrogens is 232 g/mol. The molecule has 0 aliphatic rings. The van der Waals surface area contributed by atoms with Crippen LogP contribution in [-0.2, 0) is 6.42 Å². The van der Waals surface area contributed by atoms with Gasteiger partial charge in [-0.05, 0) is 44.3 Å². The van der Waals surface area contributed by atoms with Gasteiger partial charge in [-0.3, -0.25) is 4.90 Å². The van der Waals surface area contributed by atoms with Gasteiger partial charge in [0.1, 0.15) is 0 Å². The van der Waals surface area contributed by atoms with Gasteiger partial charge in [0, 0.05) is 12.1 Å². The number of rotatable bonds is 8. The molecule has 0 saturated heterocycles. The van der Waals surface area contributed by atoms with Gasteiger partial charge in [0.25, 0.3) is 0 Å². The number of benzene rings is 1. The van der Waals surface area contributed by atoms with Crippen molar-refractivity contribution in [1.82, 2.24) is 4.90 Å². The van der Waals surface area contributed by atoms with E-state index in [0.717, 1.165) is 25.3 Å². The first kappa shape index (κ1) is 16.2. The lowest BCUT2D eigenvalue weighted by atomic mass is 9.86. The first-order valence-electron chi connectivity index (χ1n) is 7.49. The fourth-order valence-electron chi connectivity index (χ4n) is 2.57. The monoisotopic (exact) mass is 262 g/mol. The maximum Gasteiger partial charge on any atom is 0.0366 e. The van der Waals surface area contributed by atoms with Crippen LogP contribution < -0.4 is 5.73 Å². The highest BCUT2D eigenvalue weighted by atomic mass is 15.2.